The number of ether oxygens (including phenoxy) is 1. The Kier molecular flexibility index (Phi) is 2.58. The maximum absolute atomic E-state index is 10.8. The summed E-state index contributed by atoms with van der Waals surface area (Å²) < 4.78 is 3.71. The topological polar surface area (TPSA) is 90.0 Å². The van der Waals surface area contributed by atoms with E-state index in [1.54, 1.807) is 0 Å². The van der Waals surface area contributed by atoms with Gasteiger partial charge >= 0.3 is 12.6 Å². The van der Waals surface area contributed by atoms with E-state index in [-0.39, 0.29) is 24.4 Å². The Balaban J connectivity index is 2.52. The zero-order valence-corrected chi connectivity index (χ0v) is 6.39. The molecule has 0 aliphatic carbocycles. The fourth-order valence-electron chi connectivity index (χ4n) is 0.793. The first-order valence-corrected chi connectivity index (χ1v) is 3.33. The Morgan fingerprint density at radius 2 is 1.85 bits per heavy atom. The number of hydrogen-bond acceptors (Lipinski definition) is 6. The van der Waals surface area contributed by atoms with E-state index in [0.29, 0.717) is 0 Å². The van der Waals surface area contributed by atoms with E-state index >= 15 is 0 Å². The van der Waals surface area contributed by atoms with Gasteiger partial charge in [0.25, 0.3) is 11.8 Å². The summed E-state index contributed by atoms with van der Waals surface area (Å²) >= 11 is 0. The average molecular weight is 187 g/mol. The molecule has 0 N–H and O–H groups in total. The molecule has 1 saturated heterocycles. The lowest BCUT2D eigenvalue weighted by Gasteiger charge is -2.09. The highest BCUT2D eigenvalue weighted by molar-refractivity contribution is 6.01. The van der Waals surface area contributed by atoms with Crippen LogP contribution in [0, 0.1) is 0 Å². The molecule has 7 nitrogen and oxygen atoms in total. The maximum atomic E-state index is 10.8. The average Bonchev–Trinajstić information content (AvgIpc) is 2.36. The van der Waals surface area contributed by atoms with Gasteiger partial charge in [0.1, 0.15) is 0 Å². The molecule has 1 aliphatic heterocycles. The number of nitrogens with zero attached hydrogens (tertiary/aromatic N) is 1. The van der Waals surface area contributed by atoms with Crippen molar-refractivity contribution in [2.75, 3.05) is 0 Å². The first-order chi connectivity index (χ1) is 6.15. The van der Waals surface area contributed by atoms with Crippen molar-refractivity contribution in [3.63, 3.8) is 0 Å². The van der Waals surface area contributed by atoms with Crippen molar-refractivity contribution in [2.45, 2.75) is 12.8 Å². The van der Waals surface area contributed by atoms with Crippen LogP contribution in [0.1, 0.15) is 12.8 Å². The summed E-state index contributed by atoms with van der Waals surface area (Å²) in [7, 11) is 0. The molecule has 0 atom stereocenters. The van der Waals surface area contributed by atoms with E-state index < -0.39 is 18.0 Å². The number of carbonyl (C=O) groups is 4. The van der Waals surface area contributed by atoms with E-state index in [2.05, 4.69) is 9.57 Å². The van der Waals surface area contributed by atoms with Crippen LogP contribution in [0.4, 0.5) is 4.79 Å². The third-order valence-electron chi connectivity index (χ3n) is 1.32. The molecule has 1 fully saturated rings. The third-order valence-corrected chi connectivity index (χ3v) is 1.32. The largest absolute Gasteiger partial charge is 0.541 e. The van der Waals surface area contributed by atoms with Crippen molar-refractivity contribution in [3.8, 4) is 0 Å². The molecule has 13 heavy (non-hydrogen) atoms. The zero-order chi connectivity index (χ0) is 9.84. The Hall–Kier alpha value is -1.92. The molecule has 0 spiro atoms. The van der Waals surface area contributed by atoms with Crippen LogP contribution in [0.25, 0.3) is 0 Å². The lowest BCUT2D eigenvalue weighted by Crippen LogP contribution is -2.32. The summed E-state index contributed by atoms with van der Waals surface area (Å²) in [6.45, 7) is -0.159. The minimum atomic E-state index is -1.40. The van der Waals surface area contributed by atoms with E-state index in [4.69, 9.17) is 0 Å². The fraction of sp³-hybridized carbons (Fsp3) is 0.333. The number of imide groups is 1. The highest BCUT2D eigenvalue weighted by Crippen LogP contribution is 2.12. The molecule has 0 saturated carbocycles. The van der Waals surface area contributed by atoms with Gasteiger partial charge in [-0.05, 0) is 0 Å². The summed E-state index contributed by atoms with van der Waals surface area (Å²) in [5, 5.41) is 0.284. The maximum Gasteiger partial charge on any atom is 0.541 e. The molecule has 0 aromatic carbocycles. The minimum Gasteiger partial charge on any atom is -0.362 e. The summed E-state index contributed by atoms with van der Waals surface area (Å²) in [6, 6.07) is 0. The third kappa shape index (κ3) is 2.01. The Morgan fingerprint density at radius 3 is 2.31 bits per heavy atom. The molecule has 0 unspecified atom stereocenters. The van der Waals surface area contributed by atoms with Gasteiger partial charge in [-0.1, -0.05) is 5.06 Å². The minimum absolute atomic E-state index is 0.00674. The van der Waals surface area contributed by atoms with Gasteiger partial charge in [-0.25, -0.2) is 4.79 Å². The zero-order valence-electron chi connectivity index (χ0n) is 6.39. The number of carbonyl (C=O) groups excluding carboxylic acids is 4. The molecular formula is C6H5NO6. The van der Waals surface area contributed by atoms with Crippen LogP contribution in [-0.2, 0) is 24.0 Å². The number of amides is 2. The Morgan fingerprint density at radius 1 is 1.31 bits per heavy atom. The predicted octanol–water partition coefficient (Wildman–Crippen LogP) is -0.640. The van der Waals surface area contributed by atoms with Crippen molar-refractivity contribution >= 4 is 24.4 Å². The molecule has 0 bridgehead atoms. The molecule has 7 heteroatoms. The van der Waals surface area contributed by atoms with E-state index in [0.717, 1.165) is 0 Å². The van der Waals surface area contributed by atoms with Gasteiger partial charge in [-0.3, -0.25) is 19.2 Å². The van der Waals surface area contributed by atoms with Gasteiger partial charge in [-0.15, -0.1) is 0 Å². The van der Waals surface area contributed by atoms with Gasteiger partial charge in [0.2, 0.25) is 0 Å². The fourth-order valence-corrected chi connectivity index (χ4v) is 0.793. The second-order valence-electron chi connectivity index (χ2n) is 2.14. The Bertz CT molecular complexity index is 256. The van der Waals surface area contributed by atoms with Crippen LogP contribution >= 0.6 is 0 Å². The van der Waals surface area contributed by atoms with Gasteiger partial charge in [0, 0.05) is 12.8 Å². The number of hydroxylamine groups is 2. The molecular weight excluding hydrogens is 182 g/mol. The Labute approximate surface area is 72.1 Å². The van der Waals surface area contributed by atoms with Crippen molar-refractivity contribution in [1.29, 1.82) is 0 Å². The number of rotatable bonds is 2. The molecule has 0 radical (unpaired) electrons. The second-order valence-corrected chi connectivity index (χ2v) is 2.14. The summed E-state index contributed by atoms with van der Waals surface area (Å²) in [6.07, 6.45) is -1.42. The normalized spacial score (nSPS) is 15.8. The summed E-state index contributed by atoms with van der Waals surface area (Å²) in [5.74, 6) is -1.26. The first kappa shape index (κ1) is 9.17. The van der Waals surface area contributed by atoms with E-state index in [1.165, 1.54) is 0 Å². The molecule has 1 rings (SSSR count). The lowest BCUT2D eigenvalue weighted by molar-refractivity contribution is -0.177. The van der Waals surface area contributed by atoms with Crippen LogP contribution < -0.4 is 0 Å². The monoisotopic (exact) mass is 187 g/mol. The van der Waals surface area contributed by atoms with Crippen molar-refractivity contribution in [1.82, 2.24) is 5.06 Å². The van der Waals surface area contributed by atoms with Crippen LogP contribution in [0.3, 0.4) is 0 Å². The molecule has 1 heterocycles. The lowest BCUT2D eigenvalue weighted by atomic mass is 10.4. The molecule has 0 aromatic rings. The van der Waals surface area contributed by atoms with Gasteiger partial charge < -0.3 is 4.74 Å². The highest BCUT2D eigenvalue weighted by Gasteiger charge is 2.33. The second kappa shape index (κ2) is 3.65. The SMILES string of the molecule is O=COC(=O)ON1C(=O)CCC1=O. The summed E-state index contributed by atoms with van der Waals surface area (Å²) in [5.41, 5.74) is 0. The standard InChI is InChI=1S/C6H5NO6/c8-3-12-6(11)13-7-4(9)1-2-5(7)10/h3H,1-2H2. The smallest absolute Gasteiger partial charge is 0.362 e. The number of hydrogen-bond donors (Lipinski definition) is 0. The van der Waals surface area contributed by atoms with Gasteiger partial charge in [0.05, 0.1) is 0 Å². The van der Waals surface area contributed by atoms with Crippen molar-refractivity contribution in [3.05, 3.63) is 0 Å². The van der Waals surface area contributed by atoms with Crippen LogP contribution in [0.2, 0.25) is 0 Å². The van der Waals surface area contributed by atoms with E-state index in [9.17, 15) is 19.2 Å². The van der Waals surface area contributed by atoms with E-state index in [1.807, 2.05) is 0 Å². The molecule has 2 amide bonds. The molecule has 70 valence electrons. The summed E-state index contributed by atoms with van der Waals surface area (Å²) in [4.78, 5) is 45.8. The van der Waals surface area contributed by atoms with Gasteiger partial charge in [0.15, 0.2) is 0 Å². The van der Waals surface area contributed by atoms with Crippen molar-refractivity contribution < 1.29 is 28.8 Å². The predicted molar refractivity (Wildman–Crippen MR) is 34.7 cm³/mol. The van der Waals surface area contributed by atoms with Crippen LogP contribution in [0.5, 0.6) is 0 Å². The van der Waals surface area contributed by atoms with Crippen molar-refractivity contribution in [2.24, 2.45) is 0 Å². The quantitative estimate of drug-likeness (QED) is 0.247. The first-order valence-electron chi connectivity index (χ1n) is 3.33. The van der Waals surface area contributed by atoms with Crippen LogP contribution in [0.15, 0.2) is 0 Å². The highest BCUT2D eigenvalue weighted by atomic mass is 16.8. The molecule has 0 aromatic heterocycles. The van der Waals surface area contributed by atoms with Gasteiger partial charge in [-0.2, -0.15) is 0 Å². The molecule has 1 aliphatic rings. The van der Waals surface area contributed by atoms with Crippen LogP contribution in [-0.4, -0.2) is 29.5 Å².